The van der Waals surface area contributed by atoms with Crippen LogP contribution in [0.25, 0.3) is 17.1 Å². The number of nitrogens with one attached hydrogen (secondary N) is 1. The van der Waals surface area contributed by atoms with Crippen LogP contribution in [0.3, 0.4) is 0 Å². The lowest BCUT2D eigenvalue weighted by atomic mass is 10.1. The minimum absolute atomic E-state index is 0.00806. The smallest absolute Gasteiger partial charge is 0.417 e. The Hall–Kier alpha value is -5.28. The summed E-state index contributed by atoms with van der Waals surface area (Å²) in [7, 11) is 0. The molecule has 51 heavy (non-hydrogen) atoms. The van der Waals surface area contributed by atoms with Crippen LogP contribution in [0.1, 0.15) is 44.6 Å². The fourth-order valence-electron chi connectivity index (χ4n) is 5.86. The van der Waals surface area contributed by atoms with Gasteiger partial charge in [0.2, 0.25) is 0 Å². The van der Waals surface area contributed by atoms with Crippen molar-refractivity contribution in [3.63, 3.8) is 0 Å². The molecule has 3 heterocycles. The number of carbonyl (C=O) groups is 2. The molecule has 6 rings (SSSR count). The molecule has 0 spiro atoms. The summed E-state index contributed by atoms with van der Waals surface area (Å²) in [6.07, 6.45) is -4.30. The number of carbonyl (C=O) groups excluding carboxylic acids is 2. The minimum Gasteiger partial charge on any atom is -0.491 e. The summed E-state index contributed by atoms with van der Waals surface area (Å²) < 4.78 is 47.0. The summed E-state index contributed by atoms with van der Waals surface area (Å²) in [5, 5.41) is 12.2. The largest absolute Gasteiger partial charge is 0.491 e. The standard InChI is InChI=1S/C36H32BrF3N6O5/c1-21-16-23(8-13-28(21)37)34(49)44-19-29-31(33(48)43-17-24-6-3-4-7-27(24)32-41-14-5-15-42-32)46(35(50)45(29)18-22(44)2)25-9-11-26(12-10-25)51-20-30(47)36(38,39)40/h3-16,22,30,47H,17-20H2,1-2H3,(H,43,48)/t22-,30+/m0/s1. The van der Waals surface area contributed by atoms with Gasteiger partial charge in [-0.05, 0) is 73.5 Å². The summed E-state index contributed by atoms with van der Waals surface area (Å²) in [5.74, 6) is -0.383. The summed E-state index contributed by atoms with van der Waals surface area (Å²) in [6, 6.07) is 19.4. The Morgan fingerprint density at radius 3 is 2.45 bits per heavy atom. The fourth-order valence-corrected chi connectivity index (χ4v) is 6.10. The highest BCUT2D eigenvalue weighted by Gasteiger charge is 2.39. The summed E-state index contributed by atoms with van der Waals surface area (Å²) >= 11 is 3.46. The molecule has 0 aliphatic carbocycles. The van der Waals surface area contributed by atoms with Crippen LogP contribution in [-0.2, 0) is 19.6 Å². The topological polar surface area (TPSA) is 132 Å². The van der Waals surface area contributed by atoms with Crippen molar-refractivity contribution in [2.75, 3.05) is 6.61 Å². The number of aliphatic hydroxyl groups excluding tert-OH is 1. The number of benzene rings is 3. The number of imidazole rings is 1. The van der Waals surface area contributed by atoms with E-state index in [4.69, 9.17) is 4.74 Å². The van der Waals surface area contributed by atoms with E-state index in [1.165, 1.54) is 33.4 Å². The highest BCUT2D eigenvalue weighted by Crippen LogP contribution is 2.28. The molecule has 1 aliphatic heterocycles. The van der Waals surface area contributed by atoms with Crippen LogP contribution in [0, 0.1) is 6.92 Å². The summed E-state index contributed by atoms with van der Waals surface area (Å²) in [5.41, 5.74) is 2.76. The first-order valence-corrected chi connectivity index (χ1v) is 16.7. The van der Waals surface area contributed by atoms with E-state index in [0.29, 0.717) is 22.6 Å². The first kappa shape index (κ1) is 35.5. The zero-order chi connectivity index (χ0) is 36.4. The quantitative estimate of drug-likeness (QED) is 0.204. The van der Waals surface area contributed by atoms with E-state index >= 15 is 0 Å². The lowest BCUT2D eigenvalue weighted by molar-refractivity contribution is -0.210. The third kappa shape index (κ3) is 7.44. The van der Waals surface area contributed by atoms with Crippen LogP contribution >= 0.6 is 15.9 Å². The maximum atomic E-state index is 14.2. The Bertz CT molecular complexity index is 2140. The van der Waals surface area contributed by atoms with Gasteiger partial charge in [0, 0.05) is 47.1 Å². The molecule has 2 N–H and O–H groups in total. The lowest BCUT2D eigenvalue weighted by Crippen LogP contribution is -2.47. The van der Waals surface area contributed by atoms with Crippen LogP contribution in [0.15, 0.2) is 94.5 Å². The van der Waals surface area contributed by atoms with E-state index in [9.17, 15) is 32.7 Å². The number of nitrogens with zero attached hydrogens (tertiary/aromatic N) is 5. The first-order chi connectivity index (χ1) is 24.3. The summed E-state index contributed by atoms with van der Waals surface area (Å²) in [4.78, 5) is 52.4. The van der Waals surface area contributed by atoms with Crippen molar-refractivity contribution in [1.82, 2.24) is 29.3 Å². The molecule has 0 fully saturated rings. The average Bonchev–Trinajstić information content (AvgIpc) is 3.41. The number of ether oxygens (including phenoxy) is 1. The van der Waals surface area contributed by atoms with Gasteiger partial charge in [0.05, 0.1) is 17.9 Å². The predicted molar refractivity (Wildman–Crippen MR) is 184 cm³/mol. The monoisotopic (exact) mass is 764 g/mol. The van der Waals surface area contributed by atoms with Gasteiger partial charge in [-0.1, -0.05) is 40.2 Å². The number of aliphatic hydroxyl groups is 1. The number of rotatable bonds is 9. The maximum absolute atomic E-state index is 14.2. The van der Waals surface area contributed by atoms with Gasteiger partial charge in [-0.15, -0.1) is 0 Å². The number of alkyl halides is 3. The Morgan fingerprint density at radius 2 is 1.76 bits per heavy atom. The van der Waals surface area contributed by atoms with E-state index in [1.807, 2.05) is 38.1 Å². The molecule has 1 aliphatic rings. The Balaban J connectivity index is 1.36. The van der Waals surface area contributed by atoms with E-state index in [2.05, 4.69) is 31.2 Å². The van der Waals surface area contributed by atoms with E-state index in [0.717, 1.165) is 15.6 Å². The molecular weight excluding hydrogens is 733 g/mol. The van der Waals surface area contributed by atoms with Gasteiger partial charge in [-0.2, -0.15) is 13.2 Å². The highest BCUT2D eigenvalue weighted by molar-refractivity contribution is 9.10. The molecule has 0 unspecified atom stereocenters. The number of hydrogen-bond donors (Lipinski definition) is 2. The molecule has 11 nitrogen and oxygen atoms in total. The van der Waals surface area contributed by atoms with Crippen LogP contribution in [0.4, 0.5) is 13.2 Å². The molecule has 2 amide bonds. The third-order valence-electron chi connectivity index (χ3n) is 8.57. The molecular formula is C36H32BrF3N6O5. The number of halogens is 4. The second-order valence-corrected chi connectivity index (χ2v) is 12.9. The second kappa shape index (κ2) is 14.5. The molecule has 5 aromatic rings. The number of hydrogen-bond acceptors (Lipinski definition) is 7. The van der Waals surface area contributed by atoms with E-state index in [-0.39, 0.29) is 42.7 Å². The molecule has 0 bridgehead atoms. The Kier molecular flexibility index (Phi) is 10.1. The molecule has 0 radical (unpaired) electrons. The van der Waals surface area contributed by atoms with E-state index < -0.39 is 36.5 Å². The van der Waals surface area contributed by atoms with Crippen molar-refractivity contribution < 1.29 is 32.6 Å². The second-order valence-electron chi connectivity index (χ2n) is 12.0. The van der Waals surface area contributed by atoms with E-state index in [1.54, 1.807) is 41.6 Å². The van der Waals surface area contributed by atoms with Crippen molar-refractivity contribution in [2.45, 2.75) is 51.8 Å². The number of aromatic nitrogens is 4. The maximum Gasteiger partial charge on any atom is 0.417 e. The Morgan fingerprint density at radius 1 is 1.06 bits per heavy atom. The van der Waals surface area contributed by atoms with Crippen molar-refractivity contribution in [3.8, 4) is 22.8 Å². The molecule has 2 atom stereocenters. The zero-order valence-electron chi connectivity index (χ0n) is 27.4. The zero-order valence-corrected chi connectivity index (χ0v) is 29.0. The van der Waals surface area contributed by atoms with Gasteiger partial charge >= 0.3 is 11.9 Å². The van der Waals surface area contributed by atoms with Gasteiger partial charge in [0.15, 0.2) is 11.9 Å². The van der Waals surface area contributed by atoms with Gasteiger partial charge in [0.25, 0.3) is 11.8 Å². The number of aryl methyl sites for hydroxylation is 1. The SMILES string of the molecule is Cc1cc(C(=O)N2Cc3c(C(=O)NCc4ccccc4-c4ncccn4)n(-c4ccc(OC[C@@H](O)C(F)(F)F)cc4)c(=O)n3C[C@@H]2C)ccc1Br. The Labute approximate surface area is 298 Å². The van der Waals surface area contributed by atoms with Crippen LogP contribution in [-0.4, -0.2) is 65.9 Å². The van der Waals surface area contributed by atoms with Crippen LogP contribution in [0.5, 0.6) is 5.75 Å². The number of amides is 2. The normalized spacial score (nSPS) is 14.9. The molecule has 3 aromatic carbocycles. The van der Waals surface area contributed by atoms with Crippen molar-refractivity contribution in [1.29, 1.82) is 0 Å². The van der Waals surface area contributed by atoms with Gasteiger partial charge in [0.1, 0.15) is 18.1 Å². The average molecular weight is 766 g/mol. The van der Waals surface area contributed by atoms with Crippen molar-refractivity contribution in [2.24, 2.45) is 0 Å². The van der Waals surface area contributed by atoms with Gasteiger partial charge < -0.3 is 20.1 Å². The molecule has 2 aromatic heterocycles. The molecule has 15 heteroatoms. The van der Waals surface area contributed by atoms with Gasteiger partial charge in [-0.3, -0.25) is 18.7 Å². The molecule has 0 saturated carbocycles. The number of fused-ring (bicyclic) bond motifs is 1. The molecule has 264 valence electrons. The van der Waals surface area contributed by atoms with Crippen LogP contribution in [0.2, 0.25) is 0 Å². The third-order valence-corrected chi connectivity index (χ3v) is 9.46. The first-order valence-electron chi connectivity index (χ1n) is 15.9. The lowest BCUT2D eigenvalue weighted by Gasteiger charge is -2.34. The van der Waals surface area contributed by atoms with Gasteiger partial charge in [-0.25, -0.2) is 14.8 Å². The van der Waals surface area contributed by atoms with Crippen LogP contribution < -0.4 is 15.7 Å². The highest BCUT2D eigenvalue weighted by atomic mass is 79.9. The summed E-state index contributed by atoms with van der Waals surface area (Å²) in [6.45, 7) is 2.78. The van der Waals surface area contributed by atoms with Crippen molar-refractivity contribution in [3.05, 3.63) is 128 Å². The predicted octanol–water partition coefficient (Wildman–Crippen LogP) is 5.44. The minimum atomic E-state index is -4.85. The molecule has 0 saturated heterocycles. The van der Waals surface area contributed by atoms with Crippen molar-refractivity contribution >= 4 is 27.7 Å². The fraction of sp³-hybridized carbons (Fsp3) is 0.250.